The van der Waals surface area contributed by atoms with Gasteiger partial charge in [0.05, 0.1) is 11.6 Å². The maximum absolute atomic E-state index is 10.9. The van der Waals surface area contributed by atoms with Gasteiger partial charge in [-0.05, 0) is 46.3 Å². The highest BCUT2D eigenvalue weighted by Crippen LogP contribution is 2.24. The number of aryl methyl sites for hydroxylation is 1. The van der Waals surface area contributed by atoms with Crippen LogP contribution < -0.4 is 9.47 Å². The summed E-state index contributed by atoms with van der Waals surface area (Å²) < 4.78 is 10.8. The van der Waals surface area contributed by atoms with E-state index in [0.717, 1.165) is 0 Å². The second-order valence-corrected chi connectivity index (χ2v) is 4.36. The number of rotatable bonds is 6. The number of hydrogen-bond acceptors (Lipinski definition) is 6. The molecule has 0 atom stereocenters. The first-order valence-corrected chi connectivity index (χ1v) is 6.48. The highest BCUT2D eigenvalue weighted by atomic mass is 16.6. The van der Waals surface area contributed by atoms with Crippen LogP contribution in [0.5, 0.6) is 11.5 Å². The first kappa shape index (κ1) is 15.3. The fourth-order valence-electron chi connectivity index (χ4n) is 1.71. The number of nitriles is 1. The van der Waals surface area contributed by atoms with Crippen molar-refractivity contribution in [3.8, 4) is 17.6 Å². The second kappa shape index (κ2) is 7.04. The zero-order valence-corrected chi connectivity index (χ0v) is 11.9. The number of nitro groups is 1. The van der Waals surface area contributed by atoms with Gasteiger partial charge in [-0.1, -0.05) is 0 Å². The third-order valence-corrected chi connectivity index (χ3v) is 2.74. The zero-order chi connectivity index (χ0) is 15.9. The molecule has 0 radical (unpaired) electrons. The predicted molar refractivity (Wildman–Crippen MR) is 77.8 cm³/mol. The highest BCUT2D eigenvalue weighted by Gasteiger charge is 2.17. The smallest absolute Gasteiger partial charge is 0.406 e. The first-order valence-electron chi connectivity index (χ1n) is 6.48. The van der Waals surface area contributed by atoms with Gasteiger partial charge in [0.2, 0.25) is 5.75 Å². The van der Waals surface area contributed by atoms with Gasteiger partial charge < -0.3 is 19.6 Å². The first-order chi connectivity index (χ1) is 10.6. The lowest BCUT2D eigenvalue weighted by Crippen LogP contribution is -2.10. The molecule has 0 aliphatic heterocycles. The van der Waals surface area contributed by atoms with Gasteiger partial charge in [-0.15, -0.1) is 0 Å². The van der Waals surface area contributed by atoms with Crippen molar-refractivity contribution >= 4 is 5.82 Å². The van der Waals surface area contributed by atoms with Crippen molar-refractivity contribution in [2.24, 2.45) is 0 Å². The standard InChI is InChI=1S/C15H13N3O4/c1-11-2-7-14(15(17-11)18(19)20)22-9-8-21-13-5-3-12(10-16)4-6-13/h2-7H,8-9H2,1H3. The molecule has 1 heterocycles. The molecule has 2 aromatic rings. The van der Waals surface area contributed by atoms with E-state index < -0.39 is 4.92 Å². The Morgan fingerprint density at radius 2 is 1.86 bits per heavy atom. The Hall–Kier alpha value is -3.14. The molecular weight excluding hydrogens is 286 g/mol. The molecule has 0 N–H and O–H groups in total. The van der Waals surface area contributed by atoms with Gasteiger partial charge in [-0.3, -0.25) is 0 Å². The van der Waals surface area contributed by atoms with Crippen LogP contribution in [0.2, 0.25) is 0 Å². The van der Waals surface area contributed by atoms with Crippen molar-refractivity contribution in [3.05, 3.63) is 57.8 Å². The summed E-state index contributed by atoms with van der Waals surface area (Å²) in [6.45, 7) is 2.04. The molecular formula is C15H13N3O4. The Kier molecular flexibility index (Phi) is 4.88. The van der Waals surface area contributed by atoms with Crippen LogP contribution in [0.15, 0.2) is 36.4 Å². The summed E-state index contributed by atoms with van der Waals surface area (Å²) in [4.78, 5) is 14.1. The Balaban J connectivity index is 1.88. The highest BCUT2D eigenvalue weighted by molar-refractivity contribution is 5.40. The molecule has 1 aromatic heterocycles. The summed E-state index contributed by atoms with van der Waals surface area (Å²) in [7, 11) is 0. The van der Waals surface area contributed by atoms with E-state index in [4.69, 9.17) is 14.7 Å². The second-order valence-electron chi connectivity index (χ2n) is 4.36. The maximum Gasteiger partial charge on any atom is 0.406 e. The SMILES string of the molecule is Cc1ccc(OCCOc2ccc(C#N)cc2)c([N+](=O)[O-])n1. The van der Waals surface area contributed by atoms with E-state index in [2.05, 4.69) is 4.98 Å². The molecule has 22 heavy (non-hydrogen) atoms. The topological polar surface area (TPSA) is 98.3 Å². The predicted octanol–water partition coefficient (Wildman–Crippen LogP) is 2.63. The van der Waals surface area contributed by atoms with Crippen LogP contribution in [-0.2, 0) is 0 Å². The summed E-state index contributed by atoms with van der Waals surface area (Å²) in [6, 6.07) is 11.8. The molecule has 0 aliphatic carbocycles. The third kappa shape index (κ3) is 3.93. The molecule has 0 saturated heterocycles. The summed E-state index contributed by atoms with van der Waals surface area (Å²) in [5.74, 6) is 0.400. The molecule has 2 rings (SSSR count). The molecule has 7 heteroatoms. The lowest BCUT2D eigenvalue weighted by molar-refractivity contribution is -0.390. The van der Waals surface area contributed by atoms with Crippen molar-refractivity contribution in [3.63, 3.8) is 0 Å². The van der Waals surface area contributed by atoms with Gasteiger partial charge in [0.15, 0.2) is 0 Å². The molecule has 7 nitrogen and oxygen atoms in total. The Morgan fingerprint density at radius 3 is 2.50 bits per heavy atom. The number of ether oxygens (including phenoxy) is 2. The van der Waals surface area contributed by atoms with E-state index in [0.29, 0.717) is 17.0 Å². The van der Waals surface area contributed by atoms with Crippen molar-refractivity contribution in [2.45, 2.75) is 6.92 Å². The van der Waals surface area contributed by atoms with Gasteiger partial charge in [0.1, 0.15) is 24.7 Å². The molecule has 0 spiro atoms. The lowest BCUT2D eigenvalue weighted by atomic mass is 10.2. The van der Waals surface area contributed by atoms with Gasteiger partial charge in [0, 0.05) is 6.92 Å². The molecule has 0 unspecified atom stereocenters. The lowest BCUT2D eigenvalue weighted by Gasteiger charge is -2.08. The van der Waals surface area contributed by atoms with E-state index in [1.54, 1.807) is 37.3 Å². The fraction of sp³-hybridized carbons (Fsp3) is 0.200. The Morgan fingerprint density at radius 1 is 1.18 bits per heavy atom. The van der Waals surface area contributed by atoms with Crippen molar-refractivity contribution in [1.82, 2.24) is 4.98 Å². The van der Waals surface area contributed by atoms with Crippen LogP contribution in [0.1, 0.15) is 11.3 Å². The monoisotopic (exact) mass is 299 g/mol. The number of hydrogen-bond donors (Lipinski definition) is 0. The van der Waals surface area contributed by atoms with Gasteiger partial charge in [-0.25, -0.2) is 0 Å². The van der Waals surface area contributed by atoms with Gasteiger partial charge >= 0.3 is 5.82 Å². The van der Waals surface area contributed by atoms with Crippen LogP contribution in [-0.4, -0.2) is 23.1 Å². The summed E-state index contributed by atoms with van der Waals surface area (Å²) in [6.07, 6.45) is 0. The van der Waals surface area contributed by atoms with Crippen molar-refractivity contribution in [2.75, 3.05) is 13.2 Å². The number of aromatic nitrogens is 1. The summed E-state index contributed by atoms with van der Waals surface area (Å²) in [5.41, 5.74) is 1.10. The van der Waals surface area contributed by atoms with Crippen LogP contribution in [0.25, 0.3) is 0 Å². The van der Waals surface area contributed by atoms with Crippen molar-refractivity contribution in [1.29, 1.82) is 5.26 Å². The van der Waals surface area contributed by atoms with Crippen LogP contribution in [0, 0.1) is 28.4 Å². The van der Waals surface area contributed by atoms with E-state index >= 15 is 0 Å². The van der Waals surface area contributed by atoms with Crippen LogP contribution in [0.3, 0.4) is 0 Å². The molecule has 1 aromatic carbocycles. The average molecular weight is 299 g/mol. The minimum atomic E-state index is -0.580. The molecule has 0 fully saturated rings. The molecule has 0 saturated carbocycles. The summed E-state index contributed by atoms with van der Waals surface area (Å²) in [5, 5.41) is 19.6. The van der Waals surface area contributed by atoms with E-state index in [1.807, 2.05) is 6.07 Å². The van der Waals surface area contributed by atoms with E-state index in [-0.39, 0.29) is 24.8 Å². The summed E-state index contributed by atoms with van der Waals surface area (Å²) >= 11 is 0. The Labute approximate surface area is 126 Å². The van der Waals surface area contributed by atoms with Gasteiger partial charge in [-0.2, -0.15) is 5.26 Å². The quantitative estimate of drug-likeness (QED) is 0.462. The molecule has 0 aliphatic rings. The zero-order valence-electron chi connectivity index (χ0n) is 11.9. The molecule has 0 bridgehead atoms. The van der Waals surface area contributed by atoms with Crippen LogP contribution >= 0.6 is 0 Å². The third-order valence-electron chi connectivity index (χ3n) is 2.74. The molecule has 0 amide bonds. The minimum absolute atomic E-state index is 0.110. The number of pyridine rings is 1. The molecule has 112 valence electrons. The van der Waals surface area contributed by atoms with E-state index in [9.17, 15) is 10.1 Å². The fourth-order valence-corrected chi connectivity index (χ4v) is 1.71. The normalized spacial score (nSPS) is 9.82. The largest absolute Gasteiger partial charge is 0.490 e. The van der Waals surface area contributed by atoms with E-state index in [1.165, 1.54) is 6.07 Å². The maximum atomic E-state index is 10.9. The average Bonchev–Trinajstić information content (AvgIpc) is 2.53. The van der Waals surface area contributed by atoms with Crippen molar-refractivity contribution < 1.29 is 14.4 Å². The van der Waals surface area contributed by atoms with Crippen LogP contribution in [0.4, 0.5) is 5.82 Å². The Bertz CT molecular complexity index is 708. The number of nitrogens with zero attached hydrogens (tertiary/aromatic N) is 3. The number of benzene rings is 1. The van der Waals surface area contributed by atoms with Gasteiger partial charge in [0.25, 0.3) is 0 Å². The minimum Gasteiger partial charge on any atom is -0.490 e.